The molecule has 1 rings (SSSR count). The number of ether oxygens (including phenoxy) is 1. The number of nitrogens with two attached hydrogens (primary N) is 1. The molecule has 0 radical (unpaired) electrons. The van der Waals surface area contributed by atoms with Crippen LogP contribution in [0.3, 0.4) is 0 Å². The molecule has 0 spiro atoms. The zero-order valence-corrected chi connectivity index (χ0v) is 7.69. The summed E-state index contributed by atoms with van der Waals surface area (Å²) in [5.74, 6) is 0.766. The molecule has 0 aliphatic heterocycles. The molecule has 12 heavy (non-hydrogen) atoms. The van der Waals surface area contributed by atoms with Gasteiger partial charge in [-0.05, 0) is 13.8 Å². The average Bonchev–Trinajstić information content (AvgIpc) is 2.50. The maximum Gasteiger partial charge on any atom is 0.156 e. The van der Waals surface area contributed by atoms with Crippen molar-refractivity contribution >= 4 is 0 Å². The molecule has 0 aromatic carbocycles. The van der Waals surface area contributed by atoms with E-state index in [0.29, 0.717) is 0 Å². The summed E-state index contributed by atoms with van der Waals surface area (Å²) in [4.78, 5) is 0. The van der Waals surface area contributed by atoms with E-state index in [1.807, 2.05) is 24.7 Å². The lowest BCUT2D eigenvalue weighted by atomic mass is 10.2. The maximum absolute atomic E-state index is 5.72. The van der Waals surface area contributed by atoms with E-state index in [0.717, 1.165) is 5.75 Å². The van der Waals surface area contributed by atoms with E-state index in [9.17, 15) is 0 Å². The highest BCUT2D eigenvalue weighted by atomic mass is 16.5. The van der Waals surface area contributed by atoms with Crippen LogP contribution in [-0.2, 0) is 0 Å². The summed E-state index contributed by atoms with van der Waals surface area (Å²) in [6.07, 6.45) is 3.52. The summed E-state index contributed by atoms with van der Waals surface area (Å²) in [6.45, 7) is 3.98. The smallest absolute Gasteiger partial charge is 0.156 e. The zero-order chi connectivity index (χ0) is 9.14. The van der Waals surface area contributed by atoms with Gasteiger partial charge in [0.05, 0.1) is 25.5 Å². The molecule has 1 unspecified atom stereocenters. The Hall–Kier alpha value is -1.03. The number of methoxy groups -OCH3 is 1. The second-order valence-corrected chi connectivity index (χ2v) is 2.96. The Morgan fingerprint density at radius 2 is 2.25 bits per heavy atom. The summed E-state index contributed by atoms with van der Waals surface area (Å²) in [7, 11) is 1.62. The summed E-state index contributed by atoms with van der Waals surface area (Å²) in [6, 6.07) is 0.295. The fraction of sp³-hybridized carbons (Fsp3) is 0.625. The van der Waals surface area contributed by atoms with Gasteiger partial charge in [0.15, 0.2) is 5.75 Å². The van der Waals surface area contributed by atoms with Crippen LogP contribution in [0.4, 0.5) is 0 Å². The van der Waals surface area contributed by atoms with Crippen LogP contribution in [0, 0.1) is 0 Å². The van der Waals surface area contributed by atoms with Crippen LogP contribution in [0.5, 0.6) is 5.75 Å². The van der Waals surface area contributed by atoms with Crippen molar-refractivity contribution in [3.63, 3.8) is 0 Å². The topological polar surface area (TPSA) is 53.1 Å². The van der Waals surface area contributed by atoms with Crippen LogP contribution in [0.15, 0.2) is 12.4 Å². The number of aromatic nitrogens is 2. The SMILES string of the molecule is COc1cnn([C@@H](C)C(C)N)c1. The molecule has 0 bridgehead atoms. The van der Waals surface area contributed by atoms with Crippen molar-refractivity contribution in [3.05, 3.63) is 12.4 Å². The lowest BCUT2D eigenvalue weighted by Gasteiger charge is -2.15. The molecular weight excluding hydrogens is 154 g/mol. The Bertz CT molecular complexity index is 244. The molecule has 1 heterocycles. The van der Waals surface area contributed by atoms with E-state index < -0.39 is 0 Å². The third-order valence-electron chi connectivity index (χ3n) is 1.99. The lowest BCUT2D eigenvalue weighted by molar-refractivity contribution is 0.404. The number of rotatable bonds is 3. The van der Waals surface area contributed by atoms with Gasteiger partial charge in [-0.25, -0.2) is 0 Å². The first-order valence-electron chi connectivity index (χ1n) is 3.99. The monoisotopic (exact) mass is 169 g/mol. The molecule has 2 atom stereocenters. The minimum Gasteiger partial charge on any atom is -0.493 e. The molecule has 0 saturated heterocycles. The Morgan fingerprint density at radius 1 is 1.58 bits per heavy atom. The average molecular weight is 169 g/mol. The van der Waals surface area contributed by atoms with Crippen molar-refractivity contribution < 1.29 is 4.74 Å². The van der Waals surface area contributed by atoms with E-state index in [-0.39, 0.29) is 12.1 Å². The summed E-state index contributed by atoms with van der Waals surface area (Å²) >= 11 is 0. The van der Waals surface area contributed by atoms with E-state index in [1.54, 1.807) is 13.3 Å². The Labute approximate surface area is 72.3 Å². The summed E-state index contributed by atoms with van der Waals surface area (Å²) < 4.78 is 6.81. The number of nitrogens with zero attached hydrogens (tertiary/aromatic N) is 2. The first-order chi connectivity index (χ1) is 5.65. The first-order valence-corrected chi connectivity index (χ1v) is 3.99. The second kappa shape index (κ2) is 3.58. The van der Waals surface area contributed by atoms with Gasteiger partial charge < -0.3 is 10.5 Å². The Balaban J connectivity index is 2.74. The molecule has 1 aromatic rings. The van der Waals surface area contributed by atoms with Crippen molar-refractivity contribution in [1.29, 1.82) is 0 Å². The molecule has 0 fully saturated rings. The van der Waals surface area contributed by atoms with Gasteiger partial charge in [-0.15, -0.1) is 0 Å². The summed E-state index contributed by atoms with van der Waals surface area (Å²) in [5, 5.41) is 4.12. The van der Waals surface area contributed by atoms with Gasteiger partial charge in [0, 0.05) is 6.04 Å². The predicted octanol–water partition coefficient (Wildman–Crippen LogP) is 0.800. The molecule has 2 N–H and O–H groups in total. The van der Waals surface area contributed by atoms with E-state index in [1.165, 1.54) is 0 Å². The van der Waals surface area contributed by atoms with Crippen molar-refractivity contribution in [2.24, 2.45) is 5.73 Å². The third kappa shape index (κ3) is 1.76. The minimum absolute atomic E-state index is 0.0922. The molecule has 1 aromatic heterocycles. The van der Waals surface area contributed by atoms with Gasteiger partial charge in [-0.2, -0.15) is 5.10 Å². The molecular formula is C8H15N3O. The third-order valence-corrected chi connectivity index (χ3v) is 1.99. The molecule has 0 saturated carbocycles. The van der Waals surface area contributed by atoms with Crippen molar-refractivity contribution in [2.45, 2.75) is 25.9 Å². The van der Waals surface area contributed by atoms with E-state index in [2.05, 4.69) is 5.10 Å². The lowest BCUT2D eigenvalue weighted by Crippen LogP contribution is -2.27. The fourth-order valence-corrected chi connectivity index (χ4v) is 0.890. The van der Waals surface area contributed by atoms with Gasteiger partial charge in [-0.3, -0.25) is 4.68 Å². The molecule has 0 aliphatic carbocycles. The van der Waals surface area contributed by atoms with Crippen molar-refractivity contribution in [1.82, 2.24) is 9.78 Å². The van der Waals surface area contributed by atoms with E-state index in [4.69, 9.17) is 10.5 Å². The van der Waals surface area contributed by atoms with Gasteiger partial charge in [-0.1, -0.05) is 0 Å². The van der Waals surface area contributed by atoms with Gasteiger partial charge in [0.2, 0.25) is 0 Å². The number of hydrogen-bond donors (Lipinski definition) is 1. The van der Waals surface area contributed by atoms with Gasteiger partial charge >= 0.3 is 0 Å². The molecule has 0 amide bonds. The number of hydrogen-bond acceptors (Lipinski definition) is 3. The maximum atomic E-state index is 5.72. The first kappa shape index (κ1) is 9.06. The van der Waals surface area contributed by atoms with Crippen LogP contribution in [0.2, 0.25) is 0 Å². The normalized spacial score (nSPS) is 15.7. The highest BCUT2D eigenvalue weighted by Crippen LogP contribution is 2.13. The quantitative estimate of drug-likeness (QED) is 0.728. The Kier molecular flexibility index (Phi) is 2.70. The standard InChI is InChI=1S/C8H15N3O/c1-6(9)7(2)11-5-8(12-3)4-10-11/h4-7H,9H2,1-3H3/t6?,7-/m0/s1. The molecule has 4 nitrogen and oxygen atoms in total. The highest BCUT2D eigenvalue weighted by Gasteiger charge is 2.10. The minimum atomic E-state index is 0.0922. The van der Waals surface area contributed by atoms with Gasteiger partial charge in [0.25, 0.3) is 0 Å². The molecule has 4 heteroatoms. The fourth-order valence-electron chi connectivity index (χ4n) is 0.890. The Morgan fingerprint density at radius 3 is 2.67 bits per heavy atom. The van der Waals surface area contributed by atoms with Gasteiger partial charge in [0.1, 0.15) is 0 Å². The van der Waals surface area contributed by atoms with E-state index >= 15 is 0 Å². The van der Waals surface area contributed by atoms with Crippen molar-refractivity contribution in [3.8, 4) is 5.75 Å². The van der Waals surface area contributed by atoms with Crippen LogP contribution in [-0.4, -0.2) is 22.9 Å². The second-order valence-electron chi connectivity index (χ2n) is 2.96. The van der Waals surface area contributed by atoms with Crippen molar-refractivity contribution in [2.75, 3.05) is 7.11 Å². The van der Waals surface area contributed by atoms with Crippen LogP contribution in [0.1, 0.15) is 19.9 Å². The molecule has 0 aliphatic rings. The van der Waals surface area contributed by atoms with Crippen LogP contribution < -0.4 is 10.5 Å². The zero-order valence-electron chi connectivity index (χ0n) is 7.69. The predicted molar refractivity (Wildman–Crippen MR) is 47.1 cm³/mol. The van der Waals surface area contributed by atoms with Crippen LogP contribution >= 0.6 is 0 Å². The summed E-state index contributed by atoms with van der Waals surface area (Å²) in [5.41, 5.74) is 5.72. The van der Waals surface area contributed by atoms with Crippen LogP contribution in [0.25, 0.3) is 0 Å². The highest BCUT2D eigenvalue weighted by molar-refractivity contribution is 5.11. The largest absolute Gasteiger partial charge is 0.493 e. The molecule has 68 valence electrons.